The Labute approximate surface area is 167 Å². The minimum Gasteiger partial charge on any atom is -0.465 e. The number of hydrogen-bond acceptors (Lipinski definition) is 4. The van der Waals surface area contributed by atoms with E-state index in [1.165, 1.54) is 7.11 Å². The Hall–Kier alpha value is -3.67. The fourth-order valence-electron chi connectivity index (χ4n) is 3.72. The zero-order valence-corrected chi connectivity index (χ0v) is 15.9. The molecule has 4 rings (SSSR count). The molecule has 2 amide bonds. The molecule has 6 nitrogen and oxygen atoms in total. The van der Waals surface area contributed by atoms with Crippen molar-refractivity contribution in [1.82, 2.24) is 10.6 Å². The van der Waals surface area contributed by atoms with Crippen LogP contribution in [0.5, 0.6) is 0 Å². The zero-order chi connectivity index (χ0) is 20.4. The minimum atomic E-state index is -0.513. The molecule has 1 fully saturated rings. The lowest BCUT2D eigenvalue weighted by molar-refractivity contribution is -0.120. The van der Waals surface area contributed by atoms with Gasteiger partial charge in [-0.1, -0.05) is 48.5 Å². The van der Waals surface area contributed by atoms with Gasteiger partial charge in [0.05, 0.1) is 12.7 Å². The van der Waals surface area contributed by atoms with Crippen LogP contribution in [0.15, 0.2) is 60.7 Å². The maximum atomic E-state index is 12.9. The number of fused-ring (bicyclic) bond motifs is 1. The number of benzene rings is 3. The second kappa shape index (κ2) is 7.75. The second-order valence-electron chi connectivity index (χ2n) is 6.85. The molecule has 1 aliphatic rings. The molecule has 0 aliphatic carbocycles. The number of hydrogen-bond donors (Lipinski definition) is 2. The molecule has 0 spiro atoms. The summed E-state index contributed by atoms with van der Waals surface area (Å²) in [5.74, 6) is -0.874. The fraction of sp³-hybridized carbons (Fsp3) is 0.174. The highest BCUT2D eigenvalue weighted by atomic mass is 16.5. The van der Waals surface area contributed by atoms with Gasteiger partial charge in [0.25, 0.3) is 5.91 Å². The molecule has 146 valence electrons. The van der Waals surface area contributed by atoms with E-state index in [1.807, 2.05) is 36.4 Å². The molecule has 1 saturated heterocycles. The van der Waals surface area contributed by atoms with E-state index >= 15 is 0 Å². The van der Waals surface area contributed by atoms with Crippen molar-refractivity contribution < 1.29 is 19.1 Å². The number of amides is 2. The van der Waals surface area contributed by atoms with Gasteiger partial charge >= 0.3 is 5.97 Å². The van der Waals surface area contributed by atoms with Crippen LogP contribution in [0.2, 0.25) is 0 Å². The fourth-order valence-corrected chi connectivity index (χ4v) is 3.72. The molecule has 1 atom stereocenters. The lowest BCUT2D eigenvalue weighted by atomic mass is 9.92. The summed E-state index contributed by atoms with van der Waals surface area (Å²) in [5, 5.41) is 7.12. The predicted octanol–water partition coefficient (Wildman–Crippen LogP) is 2.91. The largest absolute Gasteiger partial charge is 0.465 e. The molecule has 3 aromatic rings. The molecule has 3 aromatic carbocycles. The Balaban J connectivity index is 1.80. The molecule has 1 heterocycles. The van der Waals surface area contributed by atoms with Crippen molar-refractivity contribution in [3.05, 3.63) is 71.8 Å². The SMILES string of the molecule is COC(=O)c1ccccc1-c1cccc2c(C(=O)NC3CCNC3=O)cccc12. The molecular formula is C23H20N2O4. The van der Waals surface area contributed by atoms with Gasteiger partial charge < -0.3 is 15.4 Å². The van der Waals surface area contributed by atoms with E-state index < -0.39 is 12.0 Å². The van der Waals surface area contributed by atoms with E-state index in [1.54, 1.807) is 24.3 Å². The highest BCUT2D eigenvalue weighted by Crippen LogP contribution is 2.33. The summed E-state index contributed by atoms with van der Waals surface area (Å²) in [7, 11) is 1.35. The minimum absolute atomic E-state index is 0.161. The maximum absolute atomic E-state index is 12.9. The molecule has 0 saturated carbocycles. The number of esters is 1. The van der Waals surface area contributed by atoms with Crippen LogP contribution >= 0.6 is 0 Å². The van der Waals surface area contributed by atoms with Crippen molar-refractivity contribution in [2.24, 2.45) is 0 Å². The Kier molecular flexibility index (Phi) is 4.99. The molecule has 0 aromatic heterocycles. The van der Waals surface area contributed by atoms with Gasteiger partial charge in [0.2, 0.25) is 5.91 Å². The van der Waals surface area contributed by atoms with Crippen LogP contribution in [0, 0.1) is 0 Å². The number of carbonyl (C=O) groups is 3. The van der Waals surface area contributed by atoms with Gasteiger partial charge in [-0.05, 0) is 40.5 Å². The Morgan fingerprint density at radius 1 is 0.931 bits per heavy atom. The molecule has 1 unspecified atom stereocenters. The van der Waals surface area contributed by atoms with E-state index in [-0.39, 0.29) is 11.8 Å². The molecule has 6 heteroatoms. The first-order valence-corrected chi connectivity index (χ1v) is 9.38. The summed E-state index contributed by atoms with van der Waals surface area (Å²) in [6, 6.07) is 17.8. The number of carbonyl (C=O) groups excluding carboxylic acids is 3. The standard InChI is InChI=1S/C23H20N2O4/c1-29-23(28)19-7-3-2-6-17(19)15-8-4-10-16-14(15)9-5-11-18(16)21(26)25-20-12-13-24-22(20)27/h2-11,20H,12-13H2,1H3,(H,24,27)(H,25,26). The third-order valence-electron chi connectivity index (χ3n) is 5.14. The van der Waals surface area contributed by atoms with Crippen LogP contribution < -0.4 is 10.6 Å². The van der Waals surface area contributed by atoms with E-state index in [2.05, 4.69) is 10.6 Å². The summed E-state index contributed by atoms with van der Waals surface area (Å²) in [4.78, 5) is 36.9. The lowest BCUT2D eigenvalue weighted by Crippen LogP contribution is -2.40. The smallest absolute Gasteiger partial charge is 0.338 e. The van der Waals surface area contributed by atoms with Gasteiger partial charge in [0, 0.05) is 12.1 Å². The van der Waals surface area contributed by atoms with Crippen LogP contribution in [-0.2, 0) is 9.53 Å². The van der Waals surface area contributed by atoms with E-state index in [0.29, 0.717) is 24.1 Å². The molecule has 29 heavy (non-hydrogen) atoms. The van der Waals surface area contributed by atoms with Crippen molar-refractivity contribution in [2.45, 2.75) is 12.5 Å². The average molecular weight is 388 g/mol. The van der Waals surface area contributed by atoms with Gasteiger partial charge in [0.1, 0.15) is 6.04 Å². The Morgan fingerprint density at radius 2 is 1.62 bits per heavy atom. The van der Waals surface area contributed by atoms with Crippen molar-refractivity contribution in [3.8, 4) is 11.1 Å². The van der Waals surface area contributed by atoms with Gasteiger partial charge in [-0.15, -0.1) is 0 Å². The van der Waals surface area contributed by atoms with Crippen LogP contribution in [0.4, 0.5) is 0 Å². The van der Waals surface area contributed by atoms with Crippen LogP contribution in [0.25, 0.3) is 21.9 Å². The Morgan fingerprint density at radius 3 is 2.38 bits per heavy atom. The second-order valence-corrected chi connectivity index (χ2v) is 6.85. The normalized spacial score (nSPS) is 15.8. The molecule has 0 radical (unpaired) electrons. The quantitative estimate of drug-likeness (QED) is 0.673. The van der Waals surface area contributed by atoms with E-state index in [0.717, 1.165) is 21.9 Å². The van der Waals surface area contributed by atoms with Crippen molar-refractivity contribution in [3.63, 3.8) is 0 Å². The van der Waals surface area contributed by atoms with E-state index in [9.17, 15) is 14.4 Å². The topological polar surface area (TPSA) is 84.5 Å². The molecular weight excluding hydrogens is 368 g/mol. The first-order chi connectivity index (χ1) is 14.1. The zero-order valence-electron chi connectivity index (χ0n) is 15.9. The van der Waals surface area contributed by atoms with Crippen molar-refractivity contribution >= 4 is 28.6 Å². The van der Waals surface area contributed by atoms with Gasteiger partial charge in [-0.3, -0.25) is 9.59 Å². The number of rotatable bonds is 4. The first kappa shape index (κ1) is 18.7. The number of methoxy groups -OCH3 is 1. The third kappa shape index (κ3) is 3.45. The average Bonchev–Trinajstić information content (AvgIpc) is 3.16. The van der Waals surface area contributed by atoms with E-state index in [4.69, 9.17) is 4.74 Å². The van der Waals surface area contributed by atoms with Crippen LogP contribution in [0.1, 0.15) is 27.1 Å². The number of nitrogens with one attached hydrogen (secondary N) is 2. The highest BCUT2D eigenvalue weighted by molar-refractivity contribution is 6.12. The first-order valence-electron chi connectivity index (χ1n) is 9.38. The van der Waals surface area contributed by atoms with Gasteiger partial charge in [-0.2, -0.15) is 0 Å². The summed E-state index contributed by atoms with van der Waals surface area (Å²) in [6.45, 7) is 0.563. The summed E-state index contributed by atoms with van der Waals surface area (Å²) in [5.41, 5.74) is 2.51. The Bertz CT molecular complexity index is 1120. The molecule has 1 aliphatic heterocycles. The van der Waals surface area contributed by atoms with Crippen molar-refractivity contribution in [1.29, 1.82) is 0 Å². The maximum Gasteiger partial charge on any atom is 0.338 e. The predicted molar refractivity (Wildman–Crippen MR) is 110 cm³/mol. The highest BCUT2D eigenvalue weighted by Gasteiger charge is 2.26. The van der Waals surface area contributed by atoms with Crippen LogP contribution in [-0.4, -0.2) is 37.5 Å². The molecule has 0 bridgehead atoms. The van der Waals surface area contributed by atoms with Gasteiger partial charge in [-0.25, -0.2) is 4.79 Å². The monoisotopic (exact) mass is 388 g/mol. The van der Waals surface area contributed by atoms with Crippen molar-refractivity contribution in [2.75, 3.05) is 13.7 Å². The summed E-state index contributed by atoms with van der Waals surface area (Å²) < 4.78 is 4.92. The lowest BCUT2D eigenvalue weighted by Gasteiger charge is -2.14. The number of ether oxygens (including phenoxy) is 1. The van der Waals surface area contributed by atoms with Crippen LogP contribution in [0.3, 0.4) is 0 Å². The summed E-state index contributed by atoms with van der Waals surface area (Å²) >= 11 is 0. The van der Waals surface area contributed by atoms with Gasteiger partial charge in [0.15, 0.2) is 0 Å². The molecule has 2 N–H and O–H groups in total. The third-order valence-corrected chi connectivity index (χ3v) is 5.14. The summed E-state index contributed by atoms with van der Waals surface area (Å²) in [6.07, 6.45) is 0.576.